The van der Waals surface area contributed by atoms with Crippen molar-refractivity contribution in [3.05, 3.63) is 64.1 Å². The lowest BCUT2D eigenvalue weighted by Crippen LogP contribution is -2.32. The Kier molecular flexibility index (Phi) is 5.65. The van der Waals surface area contributed by atoms with Crippen LogP contribution in [0.5, 0.6) is 0 Å². The number of nitrogens with zero attached hydrogens (tertiary/aromatic N) is 1. The Morgan fingerprint density at radius 2 is 1.62 bits per heavy atom. The van der Waals surface area contributed by atoms with E-state index in [4.69, 9.17) is 23.2 Å². The van der Waals surface area contributed by atoms with Crippen molar-refractivity contribution >= 4 is 43.1 Å². The molecule has 0 amide bonds. The van der Waals surface area contributed by atoms with E-state index in [2.05, 4.69) is 0 Å². The molecule has 0 spiro atoms. The highest BCUT2D eigenvalue weighted by atomic mass is 35.5. The molecule has 1 saturated heterocycles. The molecule has 1 aliphatic rings. The molecule has 0 aromatic heterocycles. The van der Waals surface area contributed by atoms with E-state index in [0.29, 0.717) is 15.6 Å². The van der Waals surface area contributed by atoms with Gasteiger partial charge >= 0.3 is 0 Å². The predicted molar refractivity (Wildman–Crippen MR) is 103 cm³/mol. The summed E-state index contributed by atoms with van der Waals surface area (Å²) in [6.07, 6.45) is 0.257. The van der Waals surface area contributed by atoms with Gasteiger partial charge in [0.25, 0.3) is 0 Å². The average molecular weight is 434 g/mol. The van der Waals surface area contributed by atoms with Gasteiger partial charge in [-0.2, -0.15) is 0 Å². The first kappa shape index (κ1) is 19.6. The number of sulfonamides is 1. The average Bonchev–Trinajstić information content (AvgIpc) is 3.09. The third-order valence-electron chi connectivity index (χ3n) is 4.38. The Bertz CT molecular complexity index is 1010. The molecule has 2 aromatic carbocycles. The molecule has 1 fully saturated rings. The molecule has 0 saturated carbocycles. The Morgan fingerprint density at radius 1 is 0.962 bits per heavy atom. The third-order valence-corrected chi connectivity index (χ3v) is 8.98. The van der Waals surface area contributed by atoms with Gasteiger partial charge in [-0.1, -0.05) is 41.4 Å². The van der Waals surface area contributed by atoms with Gasteiger partial charge in [-0.15, -0.1) is 0 Å². The molecule has 9 heteroatoms. The van der Waals surface area contributed by atoms with Gasteiger partial charge in [0.2, 0.25) is 10.0 Å². The third kappa shape index (κ3) is 4.07. The van der Waals surface area contributed by atoms with E-state index in [1.807, 2.05) is 0 Å². The standard InChI is InChI=1S/C17H17Cl2NO4S2/c18-14-5-7-15(8-6-14)26(23,24)16-9-10-20(11-16)25(21,22)12-13-3-1-2-4-17(13)19/h1-8,16H,9-12H2. The van der Waals surface area contributed by atoms with Crippen LogP contribution in [0, 0.1) is 0 Å². The highest BCUT2D eigenvalue weighted by Crippen LogP contribution is 2.28. The van der Waals surface area contributed by atoms with Gasteiger partial charge in [0.1, 0.15) is 0 Å². The number of sulfone groups is 1. The fourth-order valence-corrected chi connectivity index (χ4v) is 6.74. The summed E-state index contributed by atoms with van der Waals surface area (Å²) in [5.74, 6) is -0.250. The minimum absolute atomic E-state index is 0.0578. The van der Waals surface area contributed by atoms with Crippen LogP contribution in [-0.2, 0) is 25.6 Å². The summed E-state index contributed by atoms with van der Waals surface area (Å²) in [7, 11) is -7.27. The van der Waals surface area contributed by atoms with E-state index < -0.39 is 25.1 Å². The Labute approximate surface area is 163 Å². The molecule has 0 radical (unpaired) electrons. The first-order valence-corrected chi connectivity index (χ1v) is 11.8. The quantitative estimate of drug-likeness (QED) is 0.724. The van der Waals surface area contributed by atoms with Crippen LogP contribution < -0.4 is 0 Å². The van der Waals surface area contributed by atoms with Crippen molar-refractivity contribution in [2.75, 3.05) is 13.1 Å². The lowest BCUT2D eigenvalue weighted by atomic mass is 10.2. The predicted octanol–water partition coefficient (Wildman–Crippen LogP) is 3.37. The van der Waals surface area contributed by atoms with Crippen molar-refractivity contribution in [1.29, 1.82) is 0 Å². The summed E-state index contributed by atoms with van der Waals surface area (Å²) < 4.78 is 52.0. The maximum atomic E-state index is 12.7. The second-order valence-electron chi connectivity index (χ2n) is 6.12. The summed E-state index contributed by atoms with van der Waals surface area (Å²) in [5.41, 5.74) is 0.498. The van der Waals surface area contributed by atoms with E-state index in [1.165, 1.54) is 28.6 Å². The van der Waals surface area contributed by atoms with Gasteiger partial charge in [0.15, 0.2) is 9.84 Å². The zero-order chi connectivity index (χ0) is 18.9. The molecule has 2 aromatic rings. The molecule has 140 valence electrons. The fourth-order valence-electron chi connectivity index (χ4n) is 2.92. The van der Waals surface area contributed by atoms with E-state index >= 15 is 0 Å². The zero-order valence-corrected chi connectivity index (χ0v) is 16.8. The van der Waals surface area contributed by atoms with Gasteiger partial charge in [0, 0.05) is 23.1 Å². The second-order valence-corrected chi connectivity index (χ2v) is 11.2. The second kappa shape index (κ2) is 7.48. The molecule has 1 aliphatic heterocycles. The van der Waals surface area contributed by atoms with Crippen molar-refractivity contribution in [2.24, 2.45) is 0 Å². The van der Waals surface area contributed by atoms with E-state index in [9.17, 15) is 16.8 Å². The van der Waals surface area contributed by atoms with Crippen molar-refractivity contribution in [3.63, 3.8) is 0 Å². The van der Waals surface area contributed by atoms with E-state index in [-0.39, 0.29) is 30.2 Å². The molecule has 1 unspecified atom stereocenters. The molecule has 3 rings (SSSR count). The monoisotopic (exact) mass is 433 g/mol. The van der Waals surface area contributed by atoms with Crippen LogP contribution in [0.15, 0.2) is 53.4 Å². The van der Waals surface area contributed by atoms with Crippen molar-refractivity contribution in [2.45, 2.75) is 22.3 Å². The van der Waals surface area contributed by atoms with Crippen LogP contribution in [0.2, 0.25) is 10.0 Å². The summed E-state index contributed by atoms with van der Waals surface area (Å²) >= 11 is 11.8. The summed E-state index contributed by atoms with van der Waals surface area (Å²) in [6, 6.07) is 12.6. The molecule has 26 heavy (non-hydrogen) atoms. The van der Waals surface area contributed by atoms with Crippen LogP contribution in [0.1, 0.15) is 12.0 Å². The van der Waals surface area contributed by atoms with Crippen molar-refractivity contribution < 1.29 is 16.8 Å². The number of hydrogen-bond donors (Lipinski definition) is 0. The van der Waals surface area contributed by atoms with Crippen LogP contribution in [0.4, 0.5) is 0 Å². The smallest absolute Gasteiger partial charge is 0.218 e. The highest BCUT2D eigenvalue weighted by molar-refractivity contribution is 7.92. The SMILES string of the molecule is O=S(=O)(c1ccc(Cl)cc1)C1CCN(S(=O)(=O)Cc2ccccc2Cl)C1. The molecular formula is C17H17Cl2NO4S2. The summed E-state index contributed by atoms with van der Waals surface area (Å²) in [6.45, 7) is 0.113. The van der Waals surface area contributed by atoms with Gasteiger partial charge in [-0.25, -0.2) is 21.1 Å². The zero-order valence-electron chi connectivity index (χ0n) is 13.7. The minimum atomic E-state index is -3.65. The molecule has 1 heterocycles. The van der Waals surface area contributed by atoms with Crippen molar-refractivity contribution in [3.8, 4) is 0 Å². The molecule has 5 nitrogen and oxygen atoms in total. The fraction of sp³-hybridized carbons (Fsp3) is 0.294. The molecule has 1 atom stereocenters. The largest absolute Gasteiger partial charge is 0.223 e. The maximum absolute atomic E-state index is 12.7. The van der Waals surface area contributed by atoms with Gasteiger partial charge in [-0.05, 0) is 42.3 Å². The first-order valence-electron chi connectivity index (χ1n) is 7.91. The van der Waals surface area contributed by atoms with Crippen LogP contribution in [0.25, 0.3) is 0 Å². The van der Waals surface area contributed by atoms with Crippen LogP contribution in [-0.4, -0.2) is 39.5 Å². The number of halogens is 2. The maximum Gasteiger partial charge on any atom is 0.218 e. The Balaban J connectivity index is 1.77. The van der Waals surface area contributed by atoms with Gasteiger partial charge < -0.3 is 0 Å². The Morgan fingerprint density at radius 3 is 2.27 bits per heavy atom. The lowest BCUT2D eigenvalue weighted by molar-refractivity contribution is 0.475. The Hall–Kier alpha value is -1.12. The van der Waals surface area contributed by atoms with E-state index in [0.717, 1.165) is 0 Å². The van der Waals surface area contributed by atoms with Crippen LogP contribution >= 0.6 is 23.2 Å². The molecule has 0 N–H and O–H groups in total. The van der Waals surface area contributed by atoms with E-state index in [1.54, 1.807) is 24.3 Å². The molecule has 0 aliphatic carbocycles. The number of benzene rings is 2. The molecule has 0 bridgehead atoms. The summed E-state index contributed by atoms with van der Waals surface area (Å²) in [5, 5.41) is 0.0459. The van der Waals surface area contributed by atoms with Gasteiger partial charge in [0.05, 0.1) is 15.9 Å². The number of hydrogen-bond acceptors (Lipinski definition) is 4. The van der Waals surface area contributed by atoms with Crippen LogP contribution in [0.3, 0.4) is 0 Å². The normalized spacial score (nSPS) is 18.9. The first-order chi connectivity index (χ1) is 12.2. The lowest BCUT2D eigenvalue weighted by Gasteiger charge is -2.17. The molecular weight excluding hydrogens is 417 g/mol. The van der Waals surface area contributed by atoms with Crippen molar-refractivity contribution in [1.82, 2.24) is 4.31 Å². The topological polar surface area (TPSA) is 71.5 Å². The minimum Gasteiger partial charge on any atom is -0.223 e. The summed E-state index contributed by atoms with van der Waals surface area (Å²) in [4.78, 5) is 0.150. The number of rotatable bonds is 5. The van der Waals surface area contributed by atoms with Gasteiger partial charge in [-0.3, -0.25) is 0 Å². The highest BCUT2D eigenvalue weighted by Gasteiger charge is 2.39.